The minimum absolute atomic E-state index is 0.0525. The lowest BCUT2D eigenvalue weighted by Gasteiger charge is -2.33. The number of H-pyrrole nitrogens is 2. The van der Waals surface area contributed by atoms with E-state index in [2.05, 4.69) is 42.0 Å². The minimum Gasteiger partial charge on any atom is -0.322 e. The van der Waals surface area contributed by atoms with E-state index in [1.165, 1.54) is 18.3 Å². The molecule has 1 aliphatic rings. The molecule has 0 saturated carbocycles. The van der Waals surface area contributed by atoms with Crippen LogP contribution in [0.25, 0.3) is 11.3 Å². The van der Waals surface area contributed by atoms with Gasteiger partial charge in [0.1, 0.15) is 5.69 Å². The molecule has 4 aromatic rings. The third-order valence-corrected chi connectivity index (χ3v) is 6.72. The van der Waals surface area contributed by atoms with E-state index in [9.17, 15) is 22.8 Å². The van der Waals surface area contributed by atoms with Crippen LogP contribution in [0.2, 0.25) is 0 Å². The summed E-state index contributed by atoms with van der Waals surface area (Å²) in [6.45, 7) is 4.99. The van der Waals surface area contributed by atoms with Crippen molar-refractivity contribution < 1.29 is 18.0 Å². The van der Waals surface area contributed by atoms with E-state index in [1.807, 2.05) is 18.9 Å². The number of hydrogen-bond acceptors (Lipinski definition) is 6. The van der Waals surface area contributed by atoms with Crippen molar-refractivity contribution >= 4 is 22.9 Å². The van der Waals surface area contributed by atoms with Gasteiger partial charge >= 0.3 is 11.9 Å². The van der Waals surface area contributed by atoms with Crippen LogP contribution in [0.1, 0.15) is 38.3 Å². The third kappa shape index (κ3) is 6.22. The number of aromatic amines is 2. The zero-order valence-corrected chi connectivity index (χ0v) is 21.8. The summed E-state index contributed by atoms with van der Waals surface area (Å²) >= 11 is 0. The fourth-order valence-corrected chi connectivity index (χ4v) is 4.41. The molecule has 0 spiro atoms. The van der Waals surface area contributed by atoms with Crippen molar-refractivity contribution in [2.45, 2.75) is 19.6 Å². The van der Waals surface area contributed by atoms with E-state index in [0.717, 1.165) is 24.7 Å². The predicted molar refractivity (Wildman–Crippen MR) is 144 cm³/mol. The SMILES string of the molecule is Cc1ccc(C(=O)Nc2ccc(CN3CCN(C)CC3)c(C(F)(F)F)c2)cc1C#Cc1cnc2[nH]c(=O)[nH]c2n1. The first kappa shape index (κ1) is 27.1. The number of piperazine rings is 1. The lowest BCUT2D eigenvalue weighted by Crippen LogP contribution is -2.44. The molecule has 206 valence electrons. The number of benzene rings is 2. The summed E-state index contributed by atoms with van der Waals surface area (Å²) in [5, 5.41) is 2.58. The second-order valence-corrected chi connectivity index (χ2v) is 9.71. The first-order valence-electron chi connectivity index (χ1n) is 12.6. The summed E-state index contributed by atoms with van der Waals surface area (Å²) in [4.78, 5) is 41.9. The number of rotatable bonds is 4. The maximum atomic E-state index is 13.9. The smallest absolute Gasteiger partial charge is 0.322 e. The van der Waals surface area contributed by atoms with Gasteiger partial charge in [0, 0.05) is 49.5 Å². The Balaban J connectivity index is 1.34. The molecule has 1 aliphatic heterocycles. The number of aryl methyl sites for hydroxylation is 1. The molecule has 3 heterocycles. The van der Waals surface area contributed by atoms with Crippen LogP contribution in [0.4, 0.5) is 18.9 Å². The minimum atomic E-state index is -4.56. The van der Waals surface area contributed by atoms with Gasteiger partial charge in [0.05, 0.1) is 11.8 Å². The van der Waals surface area contributed by atoms with Crippen LogP contribution in [-0.2, 0) is 12.7 Å². The van der Waals surface area contributed by atoms with Crippen molar-refractivity contribution in [3.8, 4) is 11.8 Å². The van der Waals surface area contributed by atoms with E-state index in [4.69, 9.17) is 0 Å². The van der Waals surface area contributed by atoms with Crippen LogP contribution < -0.4 is 11.0 Å². The maximum Gasteiger partial charge on any atom is 0.416 e. The van der Waals surface area contributed by atoms with Gasteiger partial charge in [-0.1, -0.05) is 18.1 Å². The Kier molecular flexibility index (Phi) is 7.42. The fraction of sp³-hybridized carbons (Fsp3) is 0.286. The van der Waals surface area contributed by atoms with Crippen LogP contribution >= 0.6 is 0 Å². The molecule has 0 aliphatic carbocycles. The second kappa shape index (κ2) is 11.0. The van der Waals surface area contributed by atoms with Crippen molar-refractivity contribution in [3.63, 3.8) is 0 Å². The Morgan fingerprint density at radius 3 is 2.55 bits per heavy atom. The molecule has 0 bridgehead atoms. The quantitative estimate of drug-likeness (QED) is 0.337. The highest BCUT2D eigenvalue weighted by Crippen LogP contribution is 2.34. The van der Waals surface area contributed by atoms with Crippen LogP contribution in [0.3, 0.4) is 0 Å². The number of fused-ring (bicyclic) bond motifs is 1. The molecule has 3 N–H and O–H groups in total. The Labute approximate surface area is 227 Å². The molecule has 2 aromatic heterocycles. The van der Waals surface area contributed by atoms with Crippen molar-refractivity contribution in [1.82, 2.24) is 29.7 Å². The molecular weight excluding hydrogens is 523 g/mol. The molecule has 12 heteroatoms. The topological polar surface area (TPSA) is 110 Å². The number of hydrogen-bond donors (Lipinski definition) is 3. The largest absolute Gasteiger partial charge is 0.416 e. The first-order chi connectivity index (χ1) is 19.0. The molecule has 5 rings (SSSR count). The van der Waals surface area contributed by atoms with E-state index in [0.29, 0.717) is 30.0 Å². The molecular formula is C28H26F3N7O2. The number of carbonyl (C=O) groups excluding carboxylic acids is 1. The van der Waals surface area contributed by atoms with Crippen molar-refractivity contribution in [3.05, 3.63) is 86.6 Å². The maximum absolute atomic E-state index is 13.9. The summed E-state index contributed by atoms with van der Waals surface area (Å²) in [5.41, 5.74) is 1.50. The summed E-state index contributed by atoms with van der Waals surface area (Å²) in [6.07, 6.45) is -3.15. The van der Waals surface area contributed by atoms with Crippen LogP contribution in [0.15, 0.2) is 47.4 Å². The zero-order valence-electron chi connectivity index (χ0n) is 21.8. The van der Waals surface area contributed by atoms with Crippen LogP contribution in [0, 0.1) is 18.8 Å². The summed E-state index contributed by atoms with van der Waals surface area (Å²) in [5.74, 6) is 5.25. The lowest BCUT2D eigenvalue weighted by atomic mass is 10.0. The van der Waals surface area contributed by atoms with Gasteiger partial charge < -0.3 is 10.2 Å². The van der Waals surface area contributed by atoms with E-state index < -0.39 is 23.3 Å². The van der Waals surface area contributed by atoms with Crippen LogP contribution in [-0.4, -0.2) is 68.9 Å². The lowest BCUT2D eigenvalue weighted by molar-refractivity contribution is -0.138. The molecule has 0 radical (unpaired) electrons. The number of aromatic nitrogens is 4. The molecule has 9 nitrogen and oxygen atoms in total. The van der Waals surface area contributed by atoms with Gasteiger partial charge in [-0.05, 0) is 55.3 Å². The second-order valence-electron chi connectivity index (χ2n) is 9.71. The number of alkyl halides is 3. The Bertz CT molecular complexity index is 1690. The molecule has 2 aromatic carbocycles. The molecule has 1 saturated heterocycles. The van der Waals surface area contributed by atoms with Gasteiger partial charge in [0.15, 0.2) is 11.3 Å². The van der Waals surface area contributed by atoms with Crippen molar-refractivity contribution in [1.29, 1.82) is 0 Å². The number of carbonyl (C=O) groups is 1. The molecule has 0 atom stereocenters. The number of amides is 1. The Morgan fingerprint density at radius 2 is 1.80 bits per heavy atom. The average Bonchev–Trinajstić information content (AvgIpc) is 3.29. The fourth-order valence-electron chi connectivity index (χ4n) is 4.41. The Hall–Kier alpha value is -4.47. The van der Waals surface area contributed by atoms with Gasteiger partial charge in [0.25, 0.3) is 5.91 Å². The number of anilines is 1. The number of likely N-dealkylation sites (N-methyl/N-ethyl adjacent to an activating group) is 1. The summed E-state index contributed by atoms with van der Waals surface area (Å²) in [6, 6.07) is 8.76. The van der Waals surface area contributed by atoms with Crippen LogP contribution in [0.5, 0.6) is 0 Å². The number of nitrogens with one attached hydrogen (secondary N) is 3. The van der Waals surface area contributed by atoms with E-state index >= 15 is 0 Å². The highest BCUT2D eigenvalue weighted by atomic mass is 19.4. The molecule has 1 amide bonds. The highest BCUT2D eigenvalue weighted by Gasteiger charge is 2.34. The van der Waals surface area contributed by atoms with Gasteiger partial charge in [0.2, 0.25) is 0 Å². The van der Waals surface area contributed by atoms with Gasteiger partial charge in [-0.25, -0.2) is 14.8 Å². The predicted octanol–water partition coefficient (Wildman–Crippen LogP) is 3.37. The summed E-state index contributed by atoms with van der Waals surface area (Å²) < 4.78 is 41.8. The standard InChI is InChI=1S/C28H26F3N7O2/c1-17-3-4-19(13-18(17)5-8-22-15-32-24-25(33-22)36-27(40)35-24)26(39)34-21-7-6-20(23(14-21)28(29,30)31)16-38-11-9-37(2)10-12-38/h3-4,6-7,13-15H,9-12,16H2,1-2H3,(H,34,39)(H2,32,33,35,36,40). The monoisotopic (exact) mass is 549 g/mol. The van der Waals surface area contributed by atoms with Gasteiger partial charge in [-0.2, -0.15) is 13.2 Å². The van der Waals surface area contributed by atoms with Gasteiger partial charge in [-0.15, -0.1) is 0 Å². The first-order valence-corrected chi connectivity index (χ1v) is 12.6. The highest BCUT2D eigenvalue weighted by molar-refractivity contribution is 6.04. The van der Waals surface area contributed by atoms with Gasteiger partial charge in [-0.3, -0.25) is 19.7 Å². The summed E-state index contributed by atoms with van der Waals surface area (Å²) in [7, 11) is 1.99. The molecule has 0 unspecified atom stereocenters. The number of imidazole rings is 1. The third-order valence-electron chi connectivity index (χ3n) is 6.72. The Morgan fingerprint density at radius 1 is 1.05 bits per heavy atom. The van der Waals surface area contributed by atoms with E-state index in [-0.39, 0.29) is 29.0 Å². The van der Waals surface area contributed by atoms with Crippen molar-refractivity contribution in [2.24, 2.45) is 0 Å². The van der Waals surface area contributed by atoms with Crippen molar-refractivity contribution in [2.75, 3.05) is 38.5 Å². The zero-order chi connectivity index (χ0) is 28.4. The normalized spacial score (nSPS) is 14.6. The molecule has 40 heavy (non-hydrogen) atoms. The average molecular weight is 550 g/mol. The van der Waals surface area contributed by atoms with E-state index in [1.54, 1.807) is 18.2 Å². The number of halogens is 3. The molecule has 1 fully saturated rings. The number of nitrogens with zero attached hydrogens (tertiary/aromatic N) is 4.